The number of nitrogens with zero attached hydrogens (tertiary/aromatic N) is 2. The van der Waals surface area contributed by atoms with Gasteiger partial charge in [0, 0.05) is 32.9 Å². The van der Waals surface area contributed by atoms with Gasteiger partial charge in [0.15, 0.2) is 5.96 Å². The van der Waals surface area contributed by atoms with Crippen molar-refractivity contribution >= 4 is 41.5 Å². The molecule has 1 heterocycles. The number of anilines is 1. The van der Waals surface area contributed by atoms with Gasteiger partial charge in [-0.1, -0.05) is 30.3 Å². The fraction of sp³-hybridized carbons (Fsp3) is 0.391. The van der Waals surface area contributed by atoms with Crippen molar-refractivity contribution in [2.24, 2.45) is 4.99 Å². The summed E-state index contributed by atoms with van der Waals surface area (Å²) in [5.74, 6) is 1.56. The number of halogens is 1. The fourth-order valence-electron chi connectivity index (χ4n) is 3.26. The van der Waals surface area contributed by atoms with Crippen LogP contribution in [0.15, 0.2) is 59.6 Å². The first-order chi connectivity index (χ1) is 14.7. The molecule has 7 nitrogen and oxygen atoms in total. The molecule has 1 amide bonds. The van der Waals surface area contributed by atoms with E-state index in [9.17, 15) is 4.79 Å². The molecule has 0 aromatic heterocycles. The summed E-state index contributed by atoms with van der Waals surface area (Å²) in [5, 5.41) is 6.30. The van der Waals surface area contributed by atoms with Crippen LogP contribution in [0.2, 0.25) is 0 Å². The van der Waals surface area contributed by atoms with Crippen LogP contribution in [0.25, 0.3) is 0 Å². The number of carbonyl (C=O) groups excluding carboxylic acids is 1. The second kappa shape index (κ2) is 13.2. The number of hydrogen-bond acceptors (Lipinski definition) is 4. The first-order valence-corrected chi connectivity index (χ1v) is 10.3. The average molecular weight is 538 g/mol. The van der Waals surface area contributed by atoms with Crippen molar-refractivity contribution in [2.75, 3.05) is 39.2 Å². The molecule has 3 rings (SSSR count). The molecule has 0 bridgehead atoms. The summed E-state index contributed by atoms with van der Waals surface area (Å²) in [7, 11) is 3.73. The van der Waals surface area contributed by atoms with Crippen LogP contribution < -0.4 is 15.4 Å². The molecule has 1 aliphatic heterocycles. The van der Waals surface area contributed by atoms with Crippen LogP contribution in [0.1, 0.15) is 18.4 Å². The van der Waals surface area contributed by atoms with Crippen LogP contribution in [0.3, 0.4) is 0 Å². The van der Waals surface area contributed by atoms with E-state index in [1.807, 2.05) is 66.5 Å². The Balaban J connectivity index is 0.00000341. The quantitative estimate of drug-likeness (QED) is 0.306. The zero-order valence-corrected chi connectivity index (χ0v) is 20.4. The monoisotopic (exact) mass is 538 g/mol. The maximum absolute atomic E-state index is 12.2. The molecular formula is C23H31IN4O3. The molecule has 31 heavy (non-hydrogen) atoms. The minimum absolute atomic E-state index is 0. The number of benzene rings is 2. The first kappa shape index (κ1) is 24.9. The van der Waals surface area contributed by atoms with Crippen molar-refractivity contribution in [1.29, 1.82) is 0 Å². The van der Waals surface area contributed by atoms with E-state index in [1.165, 1.54) is 0 Å². The van der Waals surface area contributed by atoms with E-state index >= 15 is 0 Å². The maximum atomic E-state index is 12.2. The van der Waals surface area contributed by atoms with Crippen molar-refractivity contribution in [3.63, 3.8) is 0 Å². The van der Waals surface area contributed by atoms with Crippen molar-refractivity contribution in [3.05, 3.63) is 60.2 Å². The Bertz CT molecular complexity index is 842. The van der Waals surface area contributed by atoms with Crippen LogP contribution in [0.5, 0.6) is 5.75 Å². The van der Waals surface area contributed by atoms with Gasteiger partial charge in [-0.3, -0.25) is 9.79 Å². The third-order valence-electron chi connectivity index (χ3n) is 4.88. The number of ether oxygens (including phenoxy) is 2. The Morgan fingerprint density at radius 3 is 2.74 bits per heavy atom. The summed E-state index contributed by atoms with van der Waals surface area (Å²) in [6.45, 7) is 2.52. The zero-order chi connectivity index (χ0) is 21.2. The molecule has 0 spiro atoms. The minimum Gasteiger partial charge on any atom is -0.492 e. The van der Waals surface area contributed by atoms with E-state index in [0.29, 0.717) is 26.3 Å². The summed E-state index contributed by atoms with van der Waals surface area (Å²) in [6, 6.07) is 17.6. The lowest BCUT2D eigenvalue weighted by molar-refractivity contribution is -0.124. The highest BCUT2D eigenvalue weighted by atomic mass is 127. The first-order valence-electron chi connectivity index (χ1n) is 10.3. The maximum Gasteiger partial charge on any atom is 0.253 e. The average Bonchev–Trinajstić information content (AvgIpc) is 3.30. The summed E-state index contributed by atoms with van der Waals surface area (Å²) < 4.78 is 11.2. The second-order valence-corrected chi connectivity index (χ2v) is 7.18. The van der Waals surface area contributed by atoms with Crippen molar-refractivity contribution in [3.8, 4) is 5.75 Å². The van der Waals surface area contributed by atoms with E-state index in [-0.39, 0.29) is 36.0 Å². The van der Waals surface area contributed by atoms with Crippen molar-refractivity contribution in [2.45, 2.75) is 25.5 Å². The Hall–Kier alpha value is -2.33. The molecule has 2 aromatic carbocycles. The normalized spacial score (nSPS) is 15.7. The molecule has 1 unspecified atom stereocenters. The predicted octanol–water partition coefficient (Wildman–Crippen LogP) is 3.51. The molecule has 0 saturated carbocycles. The molecule has 2 aromatic rings. The molecule has 0 aliphatic carbocycles. The lowest BCUT2D eigenvalue weighted by Gasteiger charge is -2.22. The SMILES string of the molecule is CN=C(NCc1cccc(NC(=O)C2CCCO2)c1)N(C)CCOc1ccccc1.I. The molecular weight excluding hydrogens is 507 g/mol. The summed E-state index contributed by atoms with van der Waals surface area (Å²) in [6.07, 6.45) is 1.38. The Morgan fingerprint density at radius 2 is 2.03 bits per heavy atom. The molecule has 0 radical (unpaired) electrons. The van der Waals surface area contributed by atoms with Crippen molar-refractivity contribution < 1.29 is 14.3 Å². The highest BCUT2D eigenvalue weighted by Gasteiger charge is 2.23. The van der Waals surface area contributed by atoms with Gasteiger partial charge in [0.1, 0.15) is 18.5 Å². The molecule has 168 valence electrons. The van der Waals surface area contributed by atoms with Gasteiger partial charge in [0.05, 0.1) is 6.54 Å². The number of amides is 1. The number of likely N-dealkylation sites (N-methyl/N-ethyl adjacent to an activating group) is 1. The van der Waals surface area contributed by atoms with E-state index in [1.54, 1.807) is 7.05 Å². The van der Waals surface area contributed by atoms with E-state index in [0.717, 1.165) is 35.8 Å². The van der Waals surface area contributed by atoms with Crippen LogP contribution in [-0.4, -0.2) is 56.7 Å². The van der Waals surface area contributed by atoms with Crippen LogP contribution in [0.4, 0.5) is 5.69 Å². The molecule has 2 N–H and O–H groups in total. The lowest BCUT2D eigenvalue weighted by atomic mass is 10.2. The number of hydrogen-bond donors (Lipinski definition) is 2. The fourth-order valence-corrected chi connectivity index (χ4v) is 3.26. The number of para-hydroxylation sites is 1. The zero-order valence-electron chi connectivity index (χ0n) is 18.0. The van der Waals surface area contributed by atoms with Crippen LogP contribution in [0, 0.1) is 0 Å². The number of guanidine groups is 1. The van der Waals surface area contributed by atoms with Gasteiger partial charge in [-0.25, -0.2) is 0 Å². The third-order valence-corrected chi connectivity index (χ3v) is 4.88. The third kappa shape index (κ3) is 8.02. The van der Waals surface area contributed by atoms with Gasteiger partial charge in [-0.15, -0.1) is 24.0 Å². The van der Waals surface area contributed by atoms with E-state index < -0.39 is 0 Å². The molecule has 1 saturated heterocycles. The molecule has 1 fully saturated rings. The smallest absolute Gasteiger partial charge is 0.253 e. The van der Waals surface area contributed by atoms with Gasteiger partial charge in [0.25, 0.3) is 5.91 Å². The number of carbonyl (C=O) groups is 1. The highest BCUT2D eigenvalue weighted by molar-refractivity contribution is 14.0. The molecule has 1 atom stereocenters. The lowest BCUT2D eigenvalue weighted by Crippen LogP contribution is -2.40. The number of nitrogens with one attached hydrogen (secondary N) is 2. The summed E-state index contributed by atoms with van der Waals surface area (Å²) in [5.41, 5.74) is 1.82. The van der Waals surface area contributed by atoms with Crippen LogP contribution >= 0.6 is 24.0 Å². The van der Waals surface area contributed by atoms with Gasteiger partial charge in [0.2, 0.25) is 0 Å². The standard InChI is InChI=1S/C23H30N4O3.HI/c1-24-23(27(2)13-15-29-20-10-4-3-5-11-20)25-17-18-8-6-9-19(16-18)26-22(28)21-12-7-14-30-21;/h3-6,8-11,16,21H,7,12-15,17H2,1-2H3,(H,24,25)(H,26,28);1H. The topological polar surface area (TPSA) is 75.2 Å². The summed E-state index contributed by atoms with van der Waals surface area (Å²) >= 11 is 0. The van der Waals surface area contributed by atoms with E-state index in [2.05, 4.69) is 15.6 Å². The van der Waals surface area contributed by atoms with Crippen molar-refractivity contribution in [1.82, 2.24) is 10.2 Å². The Morgan fingerprint density at radius 1 is 1.23 bits per heavy atom. The van der Waals surface area contributed by atoms with E-state index in [4.69, 9.17) is 9.47 Å². The molecule has 8 heteroatoms. The predicted molar refractivity (Wildman–Crippen MR) is 134 cm³/mol. The highest BCUT2D eigenvalue weighted by Crippen LogP contribution is 2.16. The molecule has 1 aliphatic rings. The van der Waals surface area contributed by atoms with Gasteiger partial charge in [-0.05, 0) is 42.7 Å². The van der Waals surface area contributed by atoms with Gasteiger partial charge < -0.3 is 25.0 Å². The Labute approximate surface area is 201 Å². The van der Waals surface area contributed by atoms with Gasteiger partial charge >= 0.3 is 0 Å². The summed E-state index contributed by atoms with van der Waals surface area (Å²) in [4.78, 5) is 18.6. The van der Waals surface area contributed by atoms with Crippen LogP contribution in [-0.2, 0) is 16.1 Å². The minimum atomic E-state index is -0.336. The van der Waals surface area contributed by atoms with Gasteiger partial charge in [-0.2, -0.15) is 0 Å². The number of rotatable bonds is 8. The Kier molecular flexibility index (Phi) is 10.6. The second-order valence-electron chi connectivity index (χ2n) is 7.18. The number of aliphatic imine (C=N–C) groups is 1. The largest absolute Gasteiger partial charge is 0.492 e.